The van der Waals surface area contributed by atoms with E-state index < -0.39 is 0 Å². The number of rotatable bonds is 2. The summed E-state index contributed by atoms with van der Waals surface area (Å²) in [6.45, 7) is 0.845. The van der Waals surface area contributed by atoms with Gasteiger partial charge in [-0.3, -0.25) is 0 Å². The van der Waals surface area contributed by atoms with Gasteiger partial charge in [0.1, 0.15) is 0 Å². The van der Waals surface area contributed by atoms with Gasteiger partial charge in [0, 0.05) is 6.04 Å². The van der Waals surface area contributed by atoms with E-state index in [1.54, 1.807) is 0 Å². The van der Waals surface area contributed by atoms with E-state index in [0.29, 0.717) is 6.04 Å². The maximum atomic E-state index is 5.08. The lowest BCUT2D eigenvalue weighted by atomic mass is 10.1. The lowest BCUT2D eigenvalue weighted by Gasteiger charge is -2.07. The molecule has 2 nitrogen and oxygen atoms in total. The normalized spacial score (nSPS) is 22.8. The van der Waals surface area contributed by atoms with Crippen LogP contribution in [0.4, 0.5) is 0 Å². The second kappa shape index (κ2) is 3.70. The highest BCUT2D eigenvalue weighted by atomic mass is 16.7. The first-order valence-electron chi connectivity index (χ1n) is 4.36. The fraction of sp³-hybridized carbons (Fsp3) is 0.400. The van der Waals surface area contributed by atoms with Gasteiger partial charge in [0.05, 0.1) is 6.61 Å². The molecule has 64 valence electrons. The first-order chi connectivity index (χ1) is 5.95. The van der Waals surface area contributed by atoms with Gasteiger partial charge in [-0.2, -0.15) is 5.48 Å². The van der Waals surface area contributed by atoms with Crippen LogP contribution in [0.5, 0.6) is 0 Å². The molecule has 1 saturated heterocycles. The Labute approximate surface area is 72.5 Å². The van der Waals surface area contributed by atoms with Crippen LogP contribution < -0.4 is 5.48 Å². The lowest BCUT2D eigenvalue weighted by molar-refractivity contribution is 0.0883. The molecule has 0 aliphatic carbocycles. The average Bonchev–Trinajstić information content (AvgIpc) is 2.59. The van der Waals surface area contributed by atoms with Crippen molar-refractivity contribution in [3.05, 3.63) is 35.9 Å². The number of benzene rings is 1. The number of hydroxylamine groups is 1. The molecule has 12 heavy (non-hydrogen) atoms. The highest BCUT2D eigenvalue weighted by molar-refractivity contribution is 5.15. The van der Waals surface area contributed by atoms with Gasteiger partial charge >= 0.3 is 0 Å². The second-order valence-electron chi connectivity index (χ2n) is 3.14. The molecule has 1 N–H and O–H groups in total. The van der Waals surface area contributed by atoms with Gasteiger partial charge in [0.15, 0.2) is 0 Å². The Kier molecular flexibility index (Phi) is 2.39. The molecular formula is C10H13NO. The van der Waals surface area contributed by atoms with E-state index in [-0.39, 0.29) is 0 Å². The van der Waals surface area contributed by atoms with Crippen LogP contribution in [0, 0.1) is 0 Å². The maximum absolute atomic E-state index is 5.08. The Morgan fingerprint density at radius 3 is 2.83 bits per heavy atom. The smallest absolute Gasteiger partial charge is 0.0698 e. The summed E-state index contributed by atoms with van der Waals surface area (Å²) in [4.78, 5) is 5.08. The van der Waals surface area contributed by atoms with E-state index in [0.717, 1.165) is 19.4 Å². The largest absolute Gasteiger partial charge is 0.301 e. The van der Waals surface area contributed by atoms with Crippen molar-refractivity contribution in [3.63, 3.8) is 0 Å². The van der Waals surface area contributed by atoms with E-state index in [9.17, 15) is 0 Å². The quantitative estimate of drug-likeness (QED) is 0.713. The Morgan fingerprint density at radius 2 is 2.17 bits per heavy atom. The van der Waals surface area contributed by atoms with E-state index in [2.05, 4.69) is 29.7 Å². The monoisotopic (exact) mass is 163 g/mol. The van der Waals surface area contributed by atoms with E-state index in [1.807, 2.05) is 6.07 Å². The van der Waals surface area contributed by atoms with Gasteiger partial charge in [0.2, 0.25) is 0 Å². The summed E-state index contributed by atoms with van der Waals surface area (Å²) in [5, 5.41) is 0. The second-order valence-corrected chi connectivity index (χ2v) is 3.14. The summed E-state index contributed by atoms with van der Waals surface area (Å²) in [5.41, 5.74) is 4.38. The van der Waals surface area contributed by atoms with Crippen molar-refractivity contribution < 1.29 is 4.84 Å². The van der Waals surface area contributed by atoms with E-state index in [1.165, 1.54) is 5.56 Å². The number of nitrogens with one attached hydrogen (secondary N) is 1. The summed E-state index contributed by atoms with van der Waals surface area (Å²) >= 11 is 0. The molecule has 1 aliphatic heterocycles. The van der Waals surface area contributed by atoms with Crippen molar-refractivity contribution in [2.24, 2.45) is 0 Å². The van der Waals surface area contributed by atoms with Crippen LogP contribution in [0.2, 0.25) is 0 Å². The molecule has 2 heteroatoms. The summed E-state index contributed by atoms with van der Waals surface area (Å²) < 4.78 is 0. The van der Waals surface area contributed by atoms with Crippen molar-refractivity contribution >= 4 is 0 Å². The van der Waals surface area contributed by atoms with Crippen LogP contribution in [0.1, 0.15) is 12.0 Å². The predicted octanol–water partition coefficient (Wildman–Crippen LogP) is 1.52. The average molecular weight is 163 g/mol. The van der Waals surface area contributed by atoms with Gasteiger partial charge in [-0.15, -0.1) is 0 Å². The molecule has 0 spiro atoms. The zero-order valence-corrected chi connectivity index (χ0v) is 6.99. The van der Waals surface area contributed by atoms with Gasteiger partial charge in [0.25, 0.3) is 0 Å². The molecule has 1 fully saturated rings. The van der Waals surface area contributed by atoms with Crippen LogP contribution in [0.25, 0.3) is 0 Å². The van der Waals surface area contributed by atoms with E-state index >= 15 is 0 Å². The predicted molar refractivity (Wildman–Crippen MR) is 47.6 cm³/mol. The Balaban J connectivity index is 1.94. The number of hydrogen-bond donors (Lipinski definition) is 1. The van der Waals surface area contributed by atoms with Crippen LogP contribution in [0.15, 0.2) is 30.3 Å². The Bertz CT molecular complexity index is 229. The van der Waals surface area contributed by atoms with Crippen molar-refractivity contribution in [2.45, 2.75) is 18.9 Å². The van der Waals surface area contributed by atoms with Crippen molar-refractivity contribution in [2.75, 3.05) is 6.61 Å². The van der Waals surface area contributed by atoms with Crippen LogP contribution in [-0.4, -0.2) is 12.6 Å². The third-order valence-electron chi connectivity index (χ3n) is 2.14. The van der Waals surface area contributed by atoms with Gasteiger partial charge in [-0.1, -0.05) is 30.3 Å². The molecule has 0 saturated carbocycles. The maximum Gasteiger partial charge on any atom is 0.0698 e. The molecule has 0 unspecified atom stereocenters. The molecule has 0 radical (unpaired) electrons. The van der Waals surface area contributed by atoms with Crippen LogP contribution in [-0.2, 0) is 11.3 Å². The van der Waals surface area contributed by atoms with Crippen LogP contribution in [0.3, 0.4) is 0 Å². The number of hydrogen-bond acceptors (Lipinski definition) is 2. The van der Waals surface area contributed by atoms with Gasteiger partial charge in [-0.05, 0) is 18.4 Å². The third kappa shape index (κ3) is 1.84. The van der Waals surface area contributed by atoms with Crippen molar-refractivity contribution in [3.8, 4) is 0 Å². The molecule has 1 aliphatic rings. The summed E-state index contributed by atoms with van der Waals surface area (Å²) in [5.74, 6) is 0. The lowest BCUT2D eigenvalue weighted by Crippen LogP contribution is -2.22. The Hall–Kier alpha value is -0.860. The van der Waals surface area contributed by atoms with Crippen molar-refractivity contribution in [1.29, 1.82) is 0 Å². The minimum atomic E-state index is 0.507. The molecule has 0 amide bonds. The summed E-state index contributed by atoms with van der Waals surface area (Å²) in [7, 11) is 0. The fourth-order valence-electron chi connectivity index (χ4n) is 1.48. The summed E-state index contributed by atoms with van der Waals surface area (Å²) in [6.07, 6.45) is 2.19. The molecular weight excluding hydrogens is 150 g/mol. The minimum absolute atomic E-state index is 0.507. The zero-order valence-electron chi connectivity index (χ0n) is 6.99. The molecule has 2 rings (SSSR count). The molecule has 0 bridgehead atoms. The SMILES string of the molecule is c1ccc(C[C@H]2CCON2)cc1. The van der Waals surface area contributed by atoms with Gasteiger partial charge < -0.3 is 4.84 Å². The molecule has 1 heterocycles. The topological polar surface area (TPSA) is 21.3 Å². The van der Waals surface area contributed by atoms with E-state index in [4.69, 9.17) is 4.84 Å². The Morgan fingerprint density at radius 1 is 1.33 bits per heavy atom. The first kappa shape index (κ1) is 7.77. The highest BCUT2D eigenvalue weighted by Crippen LogP contribution is 2.09. The zero-order chi connectivity index (χ0) is 8.23. The molecule has 1 aromatic carbocycles. The fourth-order valence-corrected chi connectivity index (χ4v) is 1.48. The third-order valence-corrected chi connectivity index (χ3v) is 2.14. The highest BCUT2D eigenvalue weighted by Gasteiger charge is 2.14. The standard InChI is InChI=1S/C10H13NO/c1-2-4-9(5-3-1)8-10-6-7-12-11-10/h1-5,10-11H,6-8H2/t10-/m1/s1. The first-order valence-corrected chi connectivity index (χ1v) is 4.36. The van der Waals surface area contributed by atoms with Gasteiger partial charge in [-0.25, -0.2) is 0 Å². The molecule has 1 aromatic rings. The minimum Gasteiger partial charge on any atom is -0.301 e. The molecule has 1 atom stereocenters. The molecule has 0 aromatic heterocycles. The van der Waals surface area contributed by atoms with Crippen molar-refractivity contribution in [1.82, 2.24) is 5.48 Å². The van der Waals surface area contributed by atoms with Crippen LogP contribution >= 0.6 is 0 Å². The summed E-state index contributed by atoms with van der Waals surface area (Å²) in [6, 6.07) is 11.0.